The minimum Gasteiger partial charge on any atom is -0.398 e. The molecule has 1 unspecified atom stereocenters. The topological polar surface area (TPSA) is 81.4 Å². The molecule has 5 nitrogen and oxygen atoms in total. The van der Waals surface area contributed by atoms with Crippen LogP contribution < -0.4 is 10.5 Å². The molecular weight excluding hydrogens is 276 g/mol. The first-order chi connectivity index (χ1) is 9.25. The van der Waals surface area contributed by atoms with E-state index in [-0.39, 0.29) is 4.90 Å². The number of hydrogen-bond acceptors (Lipinski definition) is 4. The van der Waals surface area contributed by atoms with Gasteiger partial charge in [-0.1, -0.05) is 6.07 Å². The summed E-state index contributed by atoms with van der Waals surface area (Å²) in [5.41, 5.74) is 7.06. The monoisotopic (exact) mass is 298 g/mol. The van der Waals surface area contributed by atoms with Crippen molar-refractivity contribution < 1.29 is 13.2 Å². The Labute approximate surface area is 120 Å². The minimum atomic E-state index is -3.61. The van der Waals surface area contributed by atoms with Gasteiger partial charge in [-0.3, -0.25) is 0 Å². The molecule has 1 saturated heterocycles. The SMILES string of the molecule is Cc1ccc(N)c(C)c1S(=O)(=O)NC1(C)CCCOC1. The Kier molecular flexibility index (Phi) is 4.09. The van der Waals surface area contributed by atoms with E-state index < -0.39 is 15.6 Å². The summed E-state index contributed by atoms with van der Waals surface area (Å²) in [5.74, 6) is 0. The van der Waals surface area contributed by atoms with E-state index in [2.05, 4.69) is 4.72 Å². The third-order valence-corrected chi connectivity index (χ3v) is 5.66. The molecular formula is C14H22N2O3S. The van der Waals surface area contributed by atoms with Crippen molar-refractivity contribution in [3.05, 3.63) is 23.3 Å². The molecule has 1 aliphatic rings. The fraction of sp³-hybridized carbons (Fsp3) is 0.571. The lowest BCUT2D eigenvalue weighted by molar-refractivity contribution is 0.0386. The number of benzene rings is 1. The number of rotatable bonds is 3. The first-order valence-corrected chi connectivity index (χ1v) is 8.21. The zero-order valence-corrected chi connectivity index (χ0v) is 13.0. The summed E-state index contributed by atoms with van der Waals surface area (Å²) in [7, 11) is -3.61. The van der Waals surface area contributed by atoms with Gasteiger partial charge >= 0.3 is 0 Å². The van der Waals surface area contributed by atoms with Crippen LogP contribution in [-0.4, -0.2) is 27.2 Å². The number of sulfonamides is 1. The number of anilines is 1. The lowest BCUT2D eigenvalue weighted by Crippen LogP contribution is -2.51. The van der Waals surface area contributed by atoms with E-state index in [1.165, 1.54) is 0 Å². The third kappa shape index (κ3) is 2.97. The van der Waals surface area contributed by atoms with Crippen LogP contribution in [0.3, 0.4) is 0 Å². The number of nitrogens with two attached hydrogens (primary N) is 1. The first kappa shape index (κ1) is 15.3. The molecule has 0 saturated carbocycles. The van der Waals surface area contributed by atoms with Crippen molar-refractivity contribution in [2.75, 3.05) is 18.9 Å². The fourth-order valence-electron chi connectivity index (χ4n) is 2.65. The standard InChI is InChI=1S/C14H22N2O3S/c1-10-5-6-12(15)11(2)13(10)20(17,18)16-14(3)7-4-8-19-9-14/h5-6,16H,4,7-9,15H2,1-3H3. The maximum Gasteiger partial charge on any atom is 0.241 e. The van der Waals surface area contributed by atoms with Gasteiger partial charge in [0.15, 0.2) is 0 Å². The molecule has 20 heavy (non-hydrogen) atoms. The Morgan fingerprint density at radius 2 is 2.05 bits per heavy atom. The van der Waals surface area contributed by atoms with Gasteiger partial charge in [0.05, 0.1) is 17.0 Å². The molecule has 6 heteroatoms. The second kappa shape index (κ2) is 5.35. The van der Waals surface area contributed by atoms with Crippen LogP contribution in [0.5, 0.6) is 0 Å². The van der Waals surface area contributed by atoms with Gasteiger partial charge in [0, 0.05) is 12.3 Å². The Morgan fingerprint density at radius 1 is 1.35 bits per heavy atom. The fourth-order valence-corrected chi connectivity index (χ4v) is 4.57. The third-order valence-electron chi connectivity index (χ3n) is 3.73. The summed E-state index contributed by atoms with van der Waals surface area (Å²) >= 11 is 0. The highest BCUT2D eigenvalue weighted by molar-refractivity contribution is 7.89. The molecule has 0 radical (unpaired) electrons. The molecule has 3 N–H and O–H groups in total. The molecule has 1 aromatic rings. The van der Waals surface area contributed by atoms with Crippen LogP contribution in [0.15, 0.2) is 17.0 Å². The lowest BCUT2D eigenvalue weighted by Gasteiger charge is -2.34. The number of aryl methyl sites for hydroxylation is 1. The molecule has 1 heterocycles. The second-order valence-corrected chi connectivity index (χ2v) is 7.37. The summed E-state index contributed by atoms with van der Waals surface area (Å²) in [6.07, 6.45) is 1.63. The van der Waals surface area contributed by atoms with Gasteiger partial charge in [-0.05, 0) is 50.8 Å². The number of nitrogens with one attached hydrogen (secondary N) is 1. The van der Waals surface area contributed by atoms with E-state index in [1.54, 1.807) is 26.0 Å². The van der Waals surface area contributed by atoms with Crippen molar-refractivity contribution in [1.82, 2.24) is 4.72 Å². The Hall–Kier alpha value is -1.11. The van der Waals surface area contributed by atoms with Gasteiger partial charge in [0.2, 0.25) is 10.0 Å². The summed E-state index contributed by atoms with van der Waals surface area (Å²) in [6.45, 7) is 6.47. The Balaban J connectivity index is 2.38. The molecule has 0 aliphatic carbocycles. The van der Waals surface area contributed by atoms with Crippen LogP contribution in [-0.2, 0) is 14.8 Å². The normalized spacial score (nSPS) is 23.8. The smallest absolute Gasteiger partial charge is 0.241 e. The van der Waals surface area contributed by atoms with Crippen LogP contribution >= 0.6 is 0 Å². The van der Waals surface area contributed by atoms with Gasteiger partial charge in [-0.15, -0.1) is 0 Å². The van der Waals surface area contributed by atoms with Crippen LogP contribution in [0, 0.1) is 13.8 Å². The van der Waals surface area contributed by atoms with Gasteiger partial charge < -0.3 is 10.5 Å². The van der Waals surface area contributed by atoms with E-state index in [9.17, 15) is 8.42 Å². The van der Waals surface area contributed by atoms with Crippen molar-refractivity contribution in [1.29, 1.82) is 0 Å². The maximum absolute atomic E-state index is 12.7. The average Bonchev–Trinajstić information content (AvgIpc) is 2.33. The van der Waals surface area contributed by atoms with Crippen LogP contribution in [0.2, 0.25) is 0 Å². The molecule has 1 aromatic carbocycles. The molecule has 0 bridgehead atoms. The predicted octanol–water partition coefficient (Wildman–Crippen LogP) is 1.73. The zero-order valence-electron chi connectivity index (χ0n) is 12.2. The number of ether oxygens (including phenoxy) is 1. The van der Waals surface area contributed by atoms with Crippen molar-refractivity contribution in [2.45, 2.75) is 44.0 Å². The Bertz CT molecular complexity index is 605. The van der Waals surface area contributed by atoms with Crippen LogP contribution in [0.25, 0.3) is 0 Å². The molecule has 1 aliphatic heterocycles. The summed E-state index contributed by atoms with van der Waals surface area (Å²) < 4.78 is 33.5. The Morgan fingerprint density at radius 3 is 2.65 bits per heavy atom. The van der Waals surface area contributed by atoms with E-state index in [1.807, 2.05) is 6.92 Å². The van der Waals surface area contributed by atoms with E-state index in [4.69, 9.17) is 10.5 Å². The quantitative estimate of drug-likeness (QED) is 0.833. The molecule has 112 valence electrons. The largest absolute Gasteiger partial charge is 0.398 e. The van der Waals surface area contributed by atoms with Crippen molar-refractivity contribution >= 4 is 15.7 Å². The summed E-state index contributed by atoms with van der Waals surface area (Å²) in [5, 5.41) is 0. The molecule has 0 spiro atoms. The number of nitrogen functional groups attached to an aromatic ring is 1. The highest BCUT2D eigenvalue weighted by Gasteiger charge is 2.34. The lowest BCUT2D eigenvalue weighted by atomic mass is 9.97. The second-order valence-electron chi connectivity index (χ2n) is 5.75. The predicted molar refractivity (Wildman–Crippen MR) is 79.1 cm³/mol. The highest BCUT2D eigenvalue weighted by Crippen LogP contribution is 2.27. The van der Waals surface area contributed by atoms with E-state index >= 15 is 0 Å². The van der Waals surface area contributed by atoms with Gasteiger partial charge in [-0.2, -0.15) is 0 Å². The molecule has 0 amide bonds. The molecule has 1 atom stereocenters. The van der Waals surface area contributed by atoms with Gasteiger partial charge in [0.1, 0.15) is 0 Å². The van der Waals surface area contributed by atoms with Gasteiger partial charge in [-0.25, -0.2) is 13.1 Å². The first-order valence-electron chi connectivity index (χ1n) is 6.73. The van der Waals surface area contributed by atoms with Crippen molar-refractivity contribution in [2.24, 2.45) is 0 Å². The highest BCUT2D eigenvalue weighted by atomic mass is 32.2. The van der Waals surface area contributed by atoms with E-state index in [0.29, 0.717) is 30.0 Å². The van der Waals surface area contributed by atoms with Crippen molar-refractivity contribution in [3.8, 4) is 0 Å². The molecule has 0 aromatic heterocycles. The average molecular weight is 298 g/mol. The van der Waals surface area contributed by atoms with Crippen LogP contribution in [0.4, 0.5) is 5.69 Å². The van der Waals surface area contributed by atoms with Crippen molar-refractivity contribution in [3.63, 3.8) is 0 Å². The molecule has 1 fully saturated rings. The molecule has 2 rings (SSSR count). The minimum absolute atomic E-state index is 0.282. The summed E-state index contributed by atoms with van der Waals surface area (Å²) in [6, 6.07) is 3.46. The maximum atomic E-state index is 12.7. The summed E-state index contributed by atoms with van der Waals surface area (Å²) in [4.78, 5) is 0.282. The van der Waals surface area contributed by atoms with E-state index in [0.717, 1.165) is 12.8 Å². The van der Waals surface area contributed by atoms with Gasteiger partial charge in [0.25, 0.3) is 0 Å². The zero-order chi connectivity index (χ0) is 15.0. The number of hydrogen-bond donors (Lipinski definition) is 2. The van der Waals surface area contributed by atoms with Crippen LogP contribution in [0.1, 0.15) is 30.9 Å².